The Labute approximate surface area is 107 Å². The third-order valence-corrected chi connectivity index (χ3v) is 2.79. The minimum absolute atomic E-state index is 0.224. The highest BCUT2D eigenvalue weighted by atomic mass is 79.9. The Morgan fingerprint density at radius 2 is 1.88 bits per heavy atom. The summed E-state index contributed by atoms with van der Waals surface area (Å²) in [5.41, 5.74) is 2.93. The van der Waals surface area contributed by atoms with Crippen molar-refractivity contribution in [3.05, 3.63) is 52.1 Å². The number of pyridine rings is 1. The smallest absolute Gasteiger partial charge is 0.335 e. The van der Waals surface area contributed by atoms with Crippen molar-refractivity contribution in [2.75, 3.05) is 0 Å². The lowest BCUT2D eigenvalue weighted by molar-refractivity contribution is 0.0696. The van der Waals surface area contributed by atoms with Gasteiger partial charge < -0.3 is 5.11 Å². The molecule has 86 valence electrons. The Morgan fingerprint density at radius 3 is 2.47 bits per heavy atom. The zero-order valence-electron chi connectivity index (χ0n) is 9.14. The molecule has 0 atom stereocenters. The van der Waals surface area contributed by atoms with Gasteiger partial charge in [-0.25, -0.2) is 9.78 Å². The van der Waals surface area contributed by atoms with Gasteiger partial charge in [0.15, 0.2) is 0 Å². The van der Waals surface area contributed by atoms with Crippen LogP contribution in [0.3, 0.4) is 0 Å². The second-order valence-corrected chi connectivity index (χ2v) is 4.55. The van der Waals surface area contributed by atoms with Gasteiger partial charge in [0.05, 0.1) is 11.3 Å². The summed E-state index contributed by atoms with van der Waals surface area (Å²) in [4.78, 5) is 15.2. The number of rotatable bonds is 2. The first-order valence-electron chi connectivity index (χ1n) is 5.04. The molecule has 17 heavy (non-hydrogen) atoms. The molecule has 0 bridgehead atoms. The van der Waals surface area contributed by atoms with E-state index in [0.717, 1.165) is 11.1 Å². The third-order valence-electron chi connectivity index (χ3n) is 2.39. The van der Waals surface area contributed by atoms with Crippen molar-refractivity contribution in [1.82, 2.24) is 4.98 Å². The predicted octanol–water partition coefficient (Wildman–Crippen LogP) is 3.52. The van der Waals surface area contributed by atoms with Crippen molar-refractivity contribution in [1.29, 1.82) is 0 Å². The normalized spacial score (nSPS) is 10.2. The van der Waals surface area contributed by atoms with Crippen LogP contribution in [0.1, 0.15) is 15.9 Å². The number of hydrogen-bond donors (Lipinski definition) is 1. The van der Waals surface area contributed by atoms with Gasteiger partial charge in [-0.15, -0.1) is 0 Å². The van der Waals surface area contributed by atoms with Crippen LogP contribution in [0.4, 0.5) is 0 Å². The summed E-state index contributed by atoms with van der Waals surface area (Å²) in [6, 6.07) is 10.8. The number of benzene rings is 1. The topological polar surface area (TPSA) is 50.2 Å². The average Bonchev–Trinajstić information content (AvgIpc) is 2.29. The first-order chi connectivity index (χ1) is 8.06. The fraction of sp³-hybridized carbons (Fsp3) is 0.0769. The van der Waals surface area contributed by atoms with E-state index in [-0.39, 0.29) is 5.56 Å². The molecular formula is C13H10BrNO2. The van der Waals surface area contributed by atoms with E-state index in [4.69, 9.17) is 5.11 Å². The summed E-state index contributed by atoms with van der Waals surface area (Å²) in [5.74, 6) is -0.957. The molecule has 2 aromatic rings. The molecule has 4 heteroatoms. The fourth-order valence-electron chi connectivity index (χ4n) is 1.49. The Bertz CT molecular complexity index is 564. The molecule has 0 unspecified atom stereocenters. The lowest BCUT2D eigenvalue weighted by Gasteiger charge is -2.04. The molecule has 1 N–H and O–H groups in total. The Kier molecular flexibility index (Phi) is 3.24. The monoisotopic (exact) mass is 291 g/mol. The van der Waals surface area contributed by atoms with Crippen LogP contribution in [0, 0.1) is 6.92 Å². The number of aromatic carboxylic acids is 1. The van der Waals surface area contributed by atoms with Crippen molar-refractivity contribution in [3.8, 4) is 11.3 Å². The van der Waals surface area contributed by atoms with Gasteiger partial charge in [0, 0.05) is 5.56 Å². The molecule has 1 aromatic carbocycles. The maximum absolute atomic E-state index is 10.9. The molecule has 0 saturated heterocycles. The van der Waals surface area contributed by atoms with Crippen LogP contribution in [0.25, 0.3) is 11.3 Å². The summed E-state index contributed by atoms with van der Waals surface area (Å²) >= 11 is 3.22. The van der Waals surface area contributed by atoms with Crippen molar-refractivity contribution >= 4 is 21.9 Å². The number of aryl methyl sites for hydroxylation is 1. The van der Waals surface area contributed by atoms with Crippen LogP contribution >= 0.6 is 15.9 Å². The van der Waals surface area contributed by atoms with Gasteiger partial charge >= 0.3 is 5.97 Å². The van der Waals surface area contributed by atoms with Crippen molar-refractivity contribution < 1.29 is 9.90 Å². The lowest BCUT2D eigenvalue weighted by Crippen LogP contribution is -1.98. The van der Waals surface area contributed by atoms with Gasteiger partial charge in [-0.3, -0.25) is 0 Å². The Morgan fingerprint density at radius 1 is 1.24 bits per heavy atom. The first-order valence-corrected chi connectivity index (χ1v) is 5.83. The van der Waals surface area contributed by atoms with E-state index < -0.39 is 5.97 Å². The summed E-state index contributed by atoms with van der Waals surface area (Å²) in [7, 11) is 0. The third kappa shape index (κ3) is 2.71. The molecule has 0 saturated carbocycles. The Hall–Kier alpha value is -1.68. The molecule has 0 aliphatic carbocycles. The number of carboxylic acid groups (broad SMARTS) is 1. The number of carboxylic acids is 1. The van der Waals surface area contributed by atoms with E-state index in [1.54, 1.807) is 6.07 Å². The summed E-state index contributed by atoms with van der Waals surface area (Å²) < 4.78 is 0.521. The minimum Gasteiger partial charge on any atom is -0.478 e. The average molecular weight is 292 g/mol. The van der Waals surface area contributed by atoms with Gasteiger partial charge in [-0.2, -0.15) is 0 Å². The van der Waals surface area contributed by atoms with E-state index in [9.17, 15) is 4.79 Å². The van der Waals surface area contributed by atoms with Crippen molar-refractivity contribution in [2.45, 2.75) is 6.92 Å². The second-order valence-electron chi connectivity index (χ2n) is 3.73. The predicted molar refractivity (Wildman–Crippen MR) is 69.1 cm³/mol. The zero-order valence-corrected chi connectivity index (χ0v) is 10.7. The molecule has 1 heterocycles. The van der Waals surface area contributed by atoms with E-state index >= 15 is 0 Å². The highest BCUT2D eigenvalue weighted by Gasteiger charge is 2.08. The first kappa shape index (κ1) is 11.8. The number of carbonyl (C=O) groups is 1. The summed E-state index contributed by atoms with van der Waals surface area (Å²) in [6.45, 7) is 2.00. The highest BCUT2D eigenvalue weighted by molar-refractivity contribution is 9.10. The standard InChI is InChI=1S/C13H10BrNO2/c1-8-2-4-9(5-3-8)11-6-10(13(16)17)7-12(14)15-11/h2-7H,1H3,(H,16,17). The SMILES string of the molecule is Cc1ccc(-c2cc(C(=O)O)cc(Br)n2)cc1. The molecule has 0 fully saturated rings. The largest absolute Gasteiger partial charge is 0.478 e. The molecule has 3 nitrogen and oxygen atoms in total. The van der Waals surface area contributed by atoms with Crippen LogP contribution in [0.5, 0.6) is 0 Å². The van der Waals surface area contributed by atoms with Gasteiger partial charge in [0.1, 0.15) is 4.60 Å². The van der Waals surface area contributed by atoms with Crippen molar-refractivity contribution in [3.63, 3.8) is 0 Å². The van der Waals surface area contributed by atoms with Crippen LogP contribution in [-0.2, 0) is 0 Å². The molecule has 0 spiro atoms. The summed E-state index contributed by atoms with van der Waals surface area (Å²) in [5, 5.41) is 8.98. The molecule has 0 aliphatic heterocycles. The van der Waals surface area contributed by atoms with Crippen LogP contribution in [0.15, 0.2) is 41.0 Å². The fourth-order valence-corrected chi connectivity index (χ4v) is 1.93. The molecular weight excluding hydrogens is 282 g/mol. The van der Waals surface area contributed by atoms with Gasteiger partial charge in [0.2, 0.25) is 0 Å². The van der Waals surface area contributed by atoms with E-state index in [1.807, 2.05) is 31.2 Å². The molecule has 1 aromatic heterocycles. The molecule has 0 radical (unpaired) electrons. The Balaban J connectivity index is 2.51. The lowest BCUT2D eigenvalue weighted by atomic mass is 10.1. The highest BCUT2D eigenvalue weighted by Crippen LogP contribution is 2.22. The van der Waals surface area contributed by atoms with Gasteiger partial charge in [-0.1, -0.05) is 29.8 Å². The van der Waals surface area contributed by atoms with Crippen LogP contribution in [0.2, 0.25) is 0 Å². The van der Waals surface area contributed by atoms with Gasteiger partial charge in [0.25, 0.3) is 0 Å². The zero-order chi connectivity index (χ0) is 12.4. The second kappa shape index (κ2) is 4.67. The number of halogens is 1. The number of hydrogen-bond acceptors (Lipinski definition) is 2. The number of aromatic nitrogens is 1. The van der Waals surface area contributed by atoms with Crippen LogP contribution < -0.4 is 0 Å². The minimum atomic E-state index is -0.957. The molecule has 0 aliphatic rings. The maximum atomic E-state index is 10.9. The molecule has 2 rings (SSSR count). The van der Waals surface area contributed by atoms with Crippen LogP contribution in [-0.4, -0.2) is 16.1 Å². The van der Waals surface area contributed by atoms with E-state index in [2.05, 4.69) is 20.9 Å². The van der Waals surface area contributed by atoms with E-state index in [0.29, 0.717) is 10.3 Å². The molecule has 0 amide bonds. The number of nitrogens with zero attached hydrogens (tertiary/aromatic N) is 1. The van der Waals surface area contributed by atoms with Crippen molar-refractivity contribution in [2.24, 2.45) is 0 Å². The summed E-state index contributed by atoms with van der Waals surface area (Å²) in [6.07, 6.45) is 0. The van der Waals surface area contributed by atoms with Gasteiger partial charge in [-0.05, 0) is 35.0 Å². The quantitative estimate of drug-likeness (QED) is 0.862. The maximum Gasteiger partial charge on any atom is 0.335 e. The van der Waals surface area contributed by atoms with E-state index in [1.165, 1.54) is 6.07 Å².